The molecule has 1 aromatic rings. The Labute approximate surface area is 140 Å². The number of ether oxygens (including phenoxy) is 2. The number of aromatic amines is 1. The minimum atomic E-state index is -0.440. The molecular formula is C16H23NO5S. The number of carbonyl (C=O) groups is 3. The first-order chi connectivity index (χ1) is 10.8. The van der Waals surface area contributed by atoms with Crippen LogP contribution in [0.4, 0.5) is 0 Å². The van der Waals surface area contributed by atoms with Crippen LogP contribution in [-0.4, -0.2) is 46.9 Å². The van der Waals surface area contributed by atoms with Crippen molar-refractivity contribution in [3.63, 3.8) is 0 Å². The van der Waals surface area contributed by atoms with Gasteiger partial charge in [-0.25, -0.2) is 4.79 Å². The first-order valence-corrected chi connectivity index (χ1v) is 8.55. The van der Waals surface area contributed by atoms with Crippen molar-refractivity contribution in [1.29, 1.82) is 0 Å². The van der Waals surface area contributed by atoms with Gasteiger partial charge in [-0.1, -0.05) is 0 Å². The van der Waals surface area contributed by atoms with E-state index < -0.39 is 11.2 Å². The van der Waals surface area contributed by atoms with Crippen molar-refractivity contribution in [3.8, 4) is 0 Å². The summed E-state index contributed by atoms with van der Waals surface area (Å²) in [6, 6.07) is 0. The lowest BCUT2D eigenvalue weighted by Gasteiger charge is -2.09. The quantitative estimate of drug-likeness (QED) is 0.578. The van der Waals surface area contributed by atoms with Crippen LogP contribution in [0.1, 0.15) is 52.9 Å². The molecule has 23 heavy (non-hydrogen) atoms. The summed E-state index contributed by atoms with van der Waals surface area (Å²) in [5, 5.41) is -0.425. The fourth-order valence-corrected chi connectivity index (χ4v) is 2.92. The van der Waals surface area contributed by atoms with E-state index in [2.05, 4.69) is 4.98 Å². The summed E-state index contributed by atoms with van der Waals surface area (Å²) in [6.07, 6.45) is 0. The maximum atomic E-state index is 12.5. The topological polar surface area (TPSA) is 85.5 Å². The van der Waals surface area contributed by atoms with Gasteiger partial charge in [0.15, 0.2) is 5.78 Å². The number of rotatable bonds is 8. The van der Waals surface area contributed by atoms with Crippen molar-refractivity contribution in [2.24, 2.45) is 0 Å². The number of thioether (sulfide) groups is 1. The van der Waals surface area contributed by atoms with Crippen molar-refractivity contribution in [2.75, 3.05) is 19.0 Å². The van der Waals surface area contributed by atoms with Crippen molar-refractivity contribution < 1.29 is 23.9 Å². The number of hydrogen-bond acceptors (Lipinski definition) is 6. The normalized spacial score (nSPS) is 11.9. The maximum absolute atomic E-state index is 12.5. The summed E-state index contributed by atoms with van der Waals surface area (Å²) in [5.41, 5.74) is 1.97. The highest BCUT2D eigenvalue weighted by molar-refractivity contribution is 8.01. The van der Waals surface area contributed by atoms with E-state index in [1.807, 2.05) is 0 Å². The maximum Gasteiger partial charge on any atom is 0.340 e. The van der Waals surface area contributed by atoms with Gasteiger partial charge in [0.25, 0.3) is 0 Å². The molecule has 0 aliphatic carbocycles. The predicted molar refractivity (Wildman–Crippen MR) is 89.1 cm³/mol. The van der Waals surface area contributed by atoms with E-state index in [9.17, 15) is 14.4 Å². The van der Waals surface area contributed by atoms with E-state index in [4.69, 9.17) is 9.47 Å². The first kappa shape index (κ1) is 19.3. The number of hydrogen-bond donors (Lipinski definition) is 1. The van der Waals surface area contributed by atoms with E-state index >= 15 is 0 Å². The van der Waals surface area contributed by atoms with Crippen LogP contribution in [0.2, 0.25) is 0 Å². The summed E-state index contributed by atoms with van der Waals surface area (Å²) in [4.78, 5) is 38.8. The van der Waals surface area contributed by atoms with Gasteiger partial charge in [0.2, 0.25) is 0 Å². The molecule has 0 fully saturated rings. The Morgan fingerprint density at radius 1 is 1.13 bits per heavy atom. The van der Waals surface area contributed by atoms with Gasteiger partial charge in [-0.2, -0.15) is 0 Å². The molecule has 1 aromatic heterocycles. The highest BCUT2D eigenvalue weighted by Gasteiger charge is 2.26. The number of Topliss-reactive ketones (excluding diaryl/α,β-unsaturated/α-hetero) is 1. The number of aromatic nitrogens is 1. The largest absolute Gasteiger partial charge is 0.465 e. The molecule has 0 saturated carbocycles. The van der Waals surface area contributed by atoms with Gasteiger partial charge in [0, 0.05) is 5.69 Å². The lowest BCUT2D eigenvalue weighted by atomic mass is 10.1. The summed E-state index contributed by atoms with van der Waals surface area (Å²) >= 11 is 1.21. The van der Waals surface area contributed by atoms with Crippen molar-refractivity contribution in [1.82, 2.24) is 4.98 Å². The molecule has 0 aliphatic heterocycles. The molecular weight excluding hydrogens is 318 g/mol. The summed E-state index contributed by atoms with van der Waals surface area (Å²) in [6.45, 7) is 9.23. The summed E-state index contributed by atoms with van der Waals surface area (Å²) < 4.78 is 9.86. The van der Waals surface area contributed by atoms with Crippen LogP contribution in [0, 0.1) is 13.8 Å². The number of nitrogens with one attached hydrogen (secondary N) is 1. The smallest absolute Gasteiger partial charge is 0.340 e. The van der Waals surface area contributed by atoms with Crippen LogP contribution < -0.4 is 0 Å². The number of carbonyl (C=O) groups excluding carboxylic acids is 3. The molecule has 1 atom stereocenters. The van der Waals surface area contributed by atoms with Crippen LogP contribution in [0.25, 0.3) is 0 Å². The number of H-pyrrole nitrogens is 1. The molecule has 6 nitrogen and oxygen atoms in total. The molecule has 0 unspecified atom stereocenters. The van der Waals surface area contributed by atoms with Gasteiger partial charge in [-0.15, -0.1) is 11.8 Å². The summed E-state index contributed by atoms with van der Waals surface area (Å²) in [5.74, 6) is -0.826. The fourth-order valence-electron chi connectivity index (χ4n) is 2.18. The molecule has 1 rings (SSSR count). The Kier molecular flexibility index (Phi) is 7.35. The van der Waals surface area contributed by atoms with Gasteiger partial charge in [-0.3, -0.25) is 9.59 Å². The SMILES string of the molecule is CCOC(=O)CS[C@@H](C)C(=O)c1[nH]c(C)c(C(=O)OCC)c1C. The standard InChI is InChI=1S/C16H23NO5S/c1-6-21-12(18)8-23-11(5)15(19)14-9(3)13(10(4)17-14)16(20)22-7-2/h11,17H,6-8H2,1-5H3/t11-/m0/s1. The van der Waals surface area contributed by atoms with E-state index in [1.165, 1.54) is 11.8 Å². The Morgan fingerprint density at radius 3 is 2.30 bits per heavy atom. The van der Waals surface area contributed by atoms with Crippen LogP contribution in [0.3, 0.4) is 0 Å². The third kappa shape index (κ3) is 4.86. The van der Waals surface area contributed by atoms with Crippen LogP contribution in [0.5, 0.6) is 0 Å². The Morgan fingerprint density at radius 2 is 1.74 bits per heavy atom. The molecule has 7 heteroatoms. The van der Waals surface area contributed by atoms with Crippen molar-refractivity contribution in [3.05, 3.63) is 22.5 Å². The molecule has 1 heterocycles. The van der Waals surface area contributed by atoms with Gasteiger partial charge in [-0.05, 0) is 40.2 Å². The van der Waals surface area contributed by atoms with Gasteiger partial charge >= 0.3 is 11.9 Å². The third-order valence-electron chi connectivity index (χ3n) is 3.29. The fraction of sp³-hybridized carbons (Fsp3) is 0.562. The van der Waals surface area contributed by atoms with E-state index in [1.54, 1.807) is 34.6 Å². The second-order valence-electron chi connectivity index (χ2n) is 4.97. The molecule has 0 aromatic carbocycles. The average Bonchev–Trinajstić information content (AvgIpc) is 2.79. The summed E-state index contributed by atoms with van der Waals surface area (Å²) in [7, 11) is 0. The van der Waals surface area contributed by atoms with Gasteiger partial charge in [0.05, 0.1) is 35.5 Å². The van der Waals surface area contributed by atoms with Crippen molar-refractivity contribution >= 4 is 29.5 Å². The molecule has 0 radical (unpaired) electrons. The van der Waals surface area contributed by atoms with Gasteiger partial charge < -0.3 is 14.5 Å². The van der Waals surface area contributed by atoms with Crippen LogP contribution >= 0.6 is 11.8 Å². The second kappa shape index (κ2) is 8.76. The predicted octanol–water partition coefficient (Wildman–Crippen LogP) is 2.68. The molecule has 0 amide bonds. The highest BCUT2D eigenvalue weighted by atomic mass is 32.2. The lowest BCUT2D eigenvalue weighted by molar-refractivity contribution is -0.139. The zero-order valence-electron chi connectivity index (χ0n) is 14.1. The van der Waals surface area contributed by atoms with E-state index in [0.717, 1.165) is 0 Å². The number of aryl methyl sites for hydroxylation is 1. The van der Waals surface area contributed by atoms with Crippen LogP contribution in [0.15, 0.2) is 0 Å². The number of esters is 2. The molecule has 0 bridgehead atoms. The Balaban J connectivity index is 2.86. The molecule has 128 valence electrons. The second-order valence-corrected chi connectivity index (χ2v) is 6.30. The Bertz CT molecular complexity index is 594. The van der Waals surface area contributed by atoms with Gasteiger partial charge in [0.1, 0.15) is 0 Å². The third-order valence-corrected chi connectivity index (χ3v) is 4.41. The lowest BCUT2D eigenvalue weighted by Crippen LogP contribution is -2.18. The molecule has 1 N–H and O–H groups in total. The highest BCUT2D eigenvalue weighted by Crippen LogP contribution is 2.23. The monoisotopic (exact) mass is 341 g/mol. The Hall–Kier alpha value is -1.76. The van der Waals surface area contributed by atoms with E-state index in [-0.39, 0.29) is 24.1 Å². The molecule has 0 saturated heterocycles. The van der Waals surface area contributed by atoms with E-state index in [0.29, 0.717) is 29.1 Å². The average molecular weight is 341 g/mol. The number of ketones is 1. The van der Waals surface area contributed by atoms with Crippen molar-refractivity contribution in [2.45, 2.75) is 39.9 Å². The van der Waals surface area contributed by atoms with Crippen LogP contribution in [-0.2, 0) is 14.3 Å². The first-order valence-electron chi connectivity index (χ1n) is 7.51. The zero-order chi connectivity index (χ0) is 17.6. The minimum Gasteiger partial charge on any atom is -0.465 e. The molecule has 0 aliphatic rings. The minimum absolute atomic E-state index is 0.115. The molecule has 0 spiro atoms. The zero-order valence-corrected chi connectivity index (χ0v) is 15.0.